The van der Waals surface area contributed by atoms with Gasteiger partial charge in [0.25, 0.3) is 0 Å². The highest BCUT2D eigenvalue weighted by atomic mass is 16.4. The molecule has 0 atom stereocenters. The molecule has 7 heteroatoms. The van der Waals surface area contributed by atoms with Crippen LogP contribution in [0.1, 0.15) is 5.56 Å². The van der Waals surface area contributed by atoms with Crippen molar-refractivity contribution in [2.24, 2.45) is 0 Å². The van der Waals surface area contributed by atoms with Crippen LogP contribution in [-0.2, 0) is 0 Å². The summed E-state index contributed by atoms with van der Waals surface area (Å²) < 4.78 is 5.41. The van der Waals surface area contributed by atoms with Crippen molar-refractivity contribution < 1.29 is 29.9 Å². The van der Waals surface area contributed by atoms with Gasteiger partial charge in [-0.25, -0.2) is 0 Å². The second-order valence-corrected chi connectivity index (χ2v) is 5.11. The molecule has 0 saturated heterocycles. The lowest BCUT2D eigenvalue weighted by Gasteiger charge is -2.09. The van der Waals surface area contributed by atoms with Gasteiger partial charge in [0.1, 0.15) is 22.5 Å². The molecule has 2 aromatic carbocycles. The molecule has 118 valence electrons. The molecule has 5 N–H and O–H groups in total. The Morgan fingerprint density at radius 3 is 2.22 bits per heavy atom. The number of benzene rings is 2. The van der Waals surface area contributed by atoms with E-state index in [1.807, 2.05) is 0 Å². The first-order valence-electron chi connectivity index (χ1n) is 6.54. The lowest BCUT2D eigenvalue weighted by Crippen LogP contribution is -2.03. The Morgan fingerprint density at radius 1 is 0.870 bits per heavy atom. The van der Waals surface area contributed by atoms with Crippen molar-refractivity contribution in [2.75, 3.05) is 0 Å². The number of phenolic OH excluding ortho intramolecular Hbond substituents is 4. The first-order chi connectivity index (χ1) is 10.8. The summed E-state index contributed by atoms with van der Waals surface area (Å²) in [5.41, 5.74) is -0.562. The minimum Gasteiger partial charge on any atom is -0.508 e. The van der Waals surface area contributed by atoms with Gasteiger partial charge in [-0.05, 0) is 24.6 Å². The maximum absolute atomic E-state index is 12.2. The van der Waals surface area contributed by atoms with Crippen molar-refractivity contribution in [3.8, 4) is 40.1 Å². The lowest BCUT2D eigenvalue weighted by atomic mass is 10.1. The predicted molar refractivity (Wildman–Crippen MR) is 81.0 cm³/mol. The molecular weight excluding hydrogens is 304 g/mol. The first-order valence-corrected chi connectivity index (χ1v) is 6.54. The molecule has 0 aliphatic heterocycles. The van der Waals surface area contributed by atoms with Crippen LogP contribution in [0.25, 0.3) is 22.3 Å². The summed E-state index contributed by atoms with van der Waals surface area (Å²) in [4.78, 5) is 12.2. The zero-order valence-corrected chi connectivity index (χ0v) is 11.9. The fourth-order valence-electron chi connectivity index (χ4n) is 2.36. The summed E-state index contributed by atoms with van der Waals surface area (Å²) in [7, 11) is 0. The number of aryl methyl sites for hydroxylation is 1. The Balaban J connectivity index is 2.40. The molecule has 0 radical (unpaired) electrons. The number of rotatable bonds is 1. The van der Waals surface area contributed by atoms with Gasteiger partial charge in [-0.3, -0.25) is 4.79 Å². The minimum atomic E-state index is -0.885. The van der Waals surface area contributed by atoms with E-state index in [0.717, 1.165) is 18.2 Å². The number of phenols is 4. The van der Waals surface area contributed by atoms with Crippen molar-refractivity contribution in [1.82, 2.24) is 0 Å². The molecule has 0 amide bonds. The summed E-state index contributed by atoms with van der Waals surface area (Å²) in [6.45, 7) is 1.52. The molecule has 0 fully saturated rings. The van der Waals surface area contributed by atoms with Gasteiger partial charge in [-0.15, -0.1) is 0 Å². The highest BCUT2D eigenvalue weighted by molar-refractivity contribution is 5.88. The fourth-order valence-corrected chi connectivity index (χ4v) is 2.36. The van der Waals surface area contributed by atoms with Crippen LogP contribution in [0.2, 0.25) is 0 Å². The third-order valence-corrected chi connectivity index (χ3v) is 3.48. The maximum Gasteiger partial charge on any atom is 0.238 e. The van der Waals surface area contributed by atoms with Gasteiger partial charge in [0, 0.05) is 17.7 Å². The van der Waals surface area contributed by atoms with Crippen LogP contribution in [0, 0.1) is 6.92 Å². The van der Waals surface area contributed by atoms with Crippen LogP contribution in [0.3, 0.4) is 0 Å². The Hall–Kier alpha value is -3.35. The monoisotopic (exact) mass is 316 g/mol. The molecule has 0 aliphatic rings. The Morgan fingerprint density at radius 2 is 1.57 bits per heavy atom. The molecule has 0 unspecified atom stereocenters. The van der Waals surface area contributed by atoms with E-state index in [0.29, 0.717) is 5.56 Å². The van der Waals surface area contributed by atoms with E-state index in [4.69, 9.17) is 4.42 Å². The third-order valence-electron chi connectivity index (χ3n) is 3.48. The summed E-state index contributed by atoms with van der Waals surface area (Å²) in [5.74, 6) is -2.64. The van der Waals surface area contributed by atoms with Crippen LogP contribution in [0.5, 0.6) is 28.7 Å². The topological polar surface area (TPSA) is 131 Å². The summed E-state index contributed by atoms with van der Waals surface area (Å²) in [6, 6.07) is 4.60. The summed E-state index contributed by atoms with van der Waals surface area (Å²) in [5, 5.41) is 48.3. The molecule has 3 aromatic rings. The molecule has 0 saturated carbocycles. The van der Waals surface area contributed by atoms with Crippen LogP contribution < -0.4 is 5.43 Å². The minimum absolute atomic E-state index is 0.134. The smallest absolute Gasteiger partial charge is 0.238 e. The summed E-state index contributed by atoms with van der Waals surface area (Å²) in [6.07, 6.45) is 0. The normalized spacial score (nSPS) is 11.0. The lowest BCUT2D eigenvalue weighted by molar-refractivity contribution is 0.401. The number of hydrogen-bond acceptors (Lipinski definition) is 7. The van der Waals surface area contributed by atoms with E-state index in [-0.39, 0.29) is 33.8 Å². The Kier molecular flexibility index (Phi) is 3.07. The van der Waals surface area contributed by atoms with Crippen LogP contribution in [-0.4, -0.2) is 25.5 Å². The average molecular weight is 316 g/mol. The fraction of sp³-hybridized carbons (Fsp3) is 0.0625. The van der Waals surface area contributed by atoms with Gasteiger partial charge in [0.2, 0.25) is 11.2 Å². The predicted octanol–water partition coefficient (Wildman–Crippen LogP) is 2.30. The van der Waals surface area contributed by atoms with E-state index < -0.39 is 22.7 Å². The third kappa shape index (κ3) is 2.18. The van der Waals surface area contributed by atoms with Gasteiger partial charge in [-0.1, -0.05) is 0 Å². The zero-order chi connectivity index (χ0) is 16.9. The average Bonchev–Trinajstić information content (AvgIpc) is 2.47. The zero-order valence-electron chi connectivity index (χ0n) is 11.9. The second-order valence-electron chi connectivity index (χ2n) is 5.11. The standard InChI is InChI=1S/C16H12O7/c1-6-2-7(3-10(19)13(6)20)16-15(22)14(21)12-9(18)4-8(17)5-11(12)23-16/h2-5,17-20,22H,1H3. The van der Waals surface area contributed by atoms with Gasteiger partial charge in [-0.2, -0.15) is 0 Å². The highest BCUT2D eigenvalue weighted by Gasteiger charge is 2.20. The Bertz CT molecular complexity index is 978. The maximum atomic E-state index is 12.2. The molecule has 0 bridgehead atoms. The SMILES string of the molecule is Cc1cc(-c2oc3cc(O)cc(O)c3c(=O)c2O)cc(O)c1O. The molecule has 3 rings (SSSR count). The molecule has 0 aliphatic carbocycles. The molecule has 7 nitrogen and oxygen atoms in total. The van der Waals surface area contributed by atoms with Crippen molar-refractivity contribution in [3.05, 3.63) is 40.1 Å². The molecule has 0 spiro atoms. The molecule has 1 heterocycles. The largest absolute Gasteiger partial charge is 0.508 e. The van der Waals surface area contributed by atoms with Crippen LogP contribution >= 0.6 is 0 Å². The van der Waals surface area contributed by atoms with E-state index in [9.17, 15) is 30.3 Å². The van der Waals surface area contributed by atoms with Gasteiger partial charge in [0.15, 0.2) is 17.3 Å². The van der Waals surface area contributed by atoms with Gasteiger partial charge >= 0.3 is 0 Å². The number of aromatic hydroxyl groups is 5. The number of fused-ring (bicyclic) bond motifs is 1. The van der Waals surface area contributed by atoms with E-state index in [1.54, 1.807) is 0 Å². The summed E-state index contributed by atoms with van der Waals surface area (Å²) >= 11 is 0. The van der Waals surface area contributed by atoms with Crippen LogP contribution in [0.4, 0.5) is 0 Å². The first kappa shape index (κ1) is 14.6. The van der Waals surface area contributed by atoms with Crippen LogP contribution in [0.15, 0.2) is 33.5 Å². The van der Waals surface area contributed by atoms with Crippen molar-refractivity contribution >= 4 is 11.0 Å². The Labute approximate surface area is 128 Å². The van der Waals surface area contributed by atoms with Gasteiger partial charge in [0.05, 0.1) is 0 Å². The molecule has 23 heavy (non-hydrogen) atoms. The van der Waals surface area contributed by atoms with Crippen molar-refractivity contribution in [3.63, 3.8) is 0 Å². The highest BCUT2D eigenvalue weighted by Crippen LogP contribution is 2.39. The van der Waals surface area contributed by atoms with Gasteiger partial charge < -0.3 is 29.9 Å². The quantitative estimate of drug-likeness (QED) is 0.435. The van der Waals surface area contributed by atoms with E-state index in [1.165, 1.54) is 13.0 Å². The molecular formula is C16H12O7. The molecule has 1 aromatic heterocycles. The van der Waals surface area contributed by atoms with E-state index >= 15 is 0 Å². The number of hydrogen-bond donors (Lipinski definition) is 5. The van der Waals surface area contributed by atoms with Crippen molar-refractivity contribution in [1.29, 1.82) is 0 Å². The van der Waals surface area contributed by atoms with E-state index in [2.05, 4.69) is 0 Å². The van der Waals surface area contributed by atoms with Crippen molar-refractivity contribution in [2.45, 2.75) is 6.92 Å². The second kappa shape index (κ2) is 4.84.